The molecule has 104 valence electrons. The quantitative estimate of drug-likeness (QED) is 0.472. The van der Waals surface area contributed by atoms with Crippen LogP contribution in [0.4, 0.5) is 17.6 Å². The highest BCUT2D eigenvalue weighted by molar-refractivity contribution is 6.29. The average molecular weight is 305 g/mol. The van der Waals surface area contributed by atoms with Gasteiger partial charge < -0.3 is 0 Å². The number of benzene rings is 1. The van der Waals surface area contributed by atoms with Crippen LogP contribution in [-0.4, -0.2) is 19.6 Å². The molecule has 0 saturated heterocycles. The van der Waals surface area contributed by atoms with Gasteiger partial charge in [-0.1, -0.05) is 0 Å². The lowest BCUT2D eigenvalue weighted by atomic mass is 10.1. The molecule has 0 fully saturated rings. The molecule has 0 saturated carbocycles. The summed E-state index contributed by atoms with van der Waals surface area (Å²) in [5, 5.41) is 3.90. The number of halogens is 5. The lowest BCUT2D eigenvalue weighted by Crippen LogP contribution is -2.08. The Morgan fingerprint density at radius 3 is 2.55 bits per heavy atom. The first-order chi connectivity index (χ1) is 9.27. The zero-order chi connectivity index (χ0) is 14.7. The maximum atomic E-state index is 13.6. The van der Waals surface area contributed by atoms with E-state index in [9.17, 15) is 17.6 Å². The summed E-state index contributed by atoms with van der Waals surface area (Å²) >= 11 is 5.83. The number of fused-ring (bicyclic) bond motifs is 3. The number of aromatic nitrogens is 4. The molecule has 0 N–H and O–H groups in total. The van der Waals surface area contributed by atoms with Gasteiger partial charge in [-0.15, -0.1) is 5.10 Å². The second-order valence-electron chi connectivity index (χ2n) is 4.12. The molecule has 0 radical (unpaired) electrons. The molecule has 0 aliphatic heterocycles. The van der Waals surface area contributed by atoms with Gasteiger partial charge in [-0.05, 0) is 30.7 Å². The van der Waals surface area contributed by atoms with E-state index in [0.717, 1.165) is 10.6 Å². The Morgan fingerprint density at radius 1 is 1.20 bits per heavy atom. The van der Waals surface area contributed by atoms with Crippen molar-refractivity contribution >= 4 is 28.2 Å². The standard InChI is InChI=1S/C11H5ClF4N4/c1-4-17-9-5-2-7(13)6(11(14,15)16)3-8(5)18-10(12)20(9)19-4/h2-3H,1H3. The van der Waals surface area contributed by atoms with Crippen LogP contribution in [0.3, 0.4) is 0 Å². The molecule has 0 spiro atoms. The number of nitrogens with zero attached hydrogens (tertiary/aromatic N) is 4. The Kier molecular flexibility index (Phi) is 2.62. The molecule has 2 aromatic heterocycles. The molecule has 20 heavy (non-hydrogen) atoms. The van der Waals surface area contributed by atoms with Crippen molar-refractivity contribution in [2.75, 3.05) is 0 Å². The van der Waals surface area contributed by atoms with E-state index in [-0.39, 0.29) is 21.8 Å². The Balaban J connectivity index is 2.45. The number of hydrogen-bond acceptors (Lipinski definition) is 3. The molecule has 0 bridgehead atoms. The third-order valence-electron chi connectivity index (χ3n) is 2.73. The maximum absolute atomic E-state index is 13.6. The van der Waals surface area contributed by atoms with E-state index in [0.29, 0.717) is 11.9 Å². The van der Waals surface area contributed by atoms with Gasteiger partial charge in [0.2, 0.25) is 5.28 Å². The van der Waals surface area contributed by atoms with E-state index in [1.807, 2.05) is 0 Å². The first-order valence-electron chi connectivity index (χ1n) is 5.36. The molecule has 3 rings (SSSR count). The van der Waals surface area contributed by atoms with Crippen molar-refractivity contribution in [2.24, 2.45) is 0 Å². The lowest BCUT2D eigenvalue weighted by molar-refractivity contribution is -0.139. The zero-order valence-corrected chi connectivity index (χ0v) is 10.6. The molecule has 0 aliphatic rings. The number of aryl methyl sites for hydroxylation is 1. The molecule has 3 aromatic rings. The summed E-state index contributed by atoms with van der Waals surface area (Å²) in [6, 6.07) is 1.35. The highest BCUT2D eigenvalue weighted by Crippen LogP contribution is 2.34. The number of hydrogen-bond donors (Lipinski definition) is 0. The highest BCUT2D eigenvalue weighted by Gasteiger charge is 2.34. The summed E-state index contributed by atoms with van der Waals surface area (Å²) in [7, 11) is 0. The van der Waals surface area contributed by atoms with Crippen molar-refractivity contribution in [3.8, 4) is 0 Å². The van der Waals surface area contributed by atoms with Crippen LogP contribution >= 0.6 is 11.6 Å². The van der Waals surface area contributed by atoms with Crippen LogP contribution in [0.5, 0.6) is 0 Å². The van der Waals surface area contributed by atoms with Gasteiger partial charge in [-0.2, -0.15) is 17.7 Å². The predicted molar refractivity (Wildman–Crippen MR) is 63.0 cm³/mol. The van der Waals surface area contributed by atoms with Crippen LogP contribution in [-0.2, 0) is 6.18 Å². The van der Waals surface area contributed by atoms with Crippen LogP contribution in [0.25, 0.3) is 16.6 Å². The predicted octanol–water partition coefficient (Wildman–Crippen LogP) is 3.40. The molecular weight excluding hydrogens is 300 g/mol. The topological polar surface area (TPSA) is 43.1 Å². The molecule has 9 heteroatoms. The van der Waals surface area contributed by atoms with Gasteiger partial charge in [0, 0.05) is 5.39 Å². The van der Waals surface area contributed by atoms with E-state index in [1.165, 1.54) is 0 Å². The van der Waals surface area contributed by atoms with Gasteiger partial charge in [0.05, 0.1) is 11.1 Å². The van der Waals surface area contributed by atoms with Gasteiger partial charge in [0.25, 0.3) is 0 Å². The SMILES string of the molecule is Cc1nc2c3cc(F)c(C(F)(F)F)cc3nc(Cl)n2n1. The second kappa shape index (κ2) is 4.02. The monoisotopic (exact) mass is 304 g/mol. The minimum atomic E-state index is -4.80. The van der Waals surface area contributed by atoms with Crippen molar-refractivity contribution in [1.29, 1.82) is 0 Å². The number of alkyl halides is 3. The van der Waals surface area contributed by atoms with Crippen molar-refractivity contribution in [1.82, 2.24) is 19.6 Å². The van der Waals surface area contributed by atoms with Crippen LogP contribution in [0.2, 0.25) is 5.28 Å². The zero-order valence-electron chi connectivity index (χ0n) is 9.83. The maximum Gasteiger partial charge on any atom is 0.419 e. The highest BCUT2D eigenvalue weighted by atomic mass is 35.5. The lowest BCUT2D eigenvalue weighted by Gasteiger charge is -2.09. The third kappa shape index (κ3) is 1.87. The van der Waals surface area contributed by atoms with E-state index in [4.69, 9.17) is 11.6 Å². The Hall–Kier alpha value is -1.96. The molecule has 4 nitrogen and oxygen atoms in total. The summed E-state index contributed by atoms with van der Waals surface area (Å²) in [6.45, 7) is 1.58. The molecule has 2 heterocycles. The van der Waals surface area contributed by atoms with Crippen molar-refractivity contribution in [3.05, 3.63) is 34.6 Å². The molecule has 0 atom stereocenters. The Morgan fingerprint density at radius 2 is 1.90 bits per heavy atom. The molecule has 0 amide bonds. The van der Waals surface area contributed by atoms with Crippen molar-refractivity contribution in [3.63, 3.8) is 0 Å². The average Bonchev–Trinajstić information content (AvgIpc) is 2.71. The first-order valence-corrected chi connectivity index (χ1v) is 5.74. The van der Waals surface area contributed by atoms with Gasteiger partial charge in [-0.25, -0.2) is 14.4 Å². The molecule has 0 unspecified atom stereocenters. The largest absolute Gasteiger partial charge is 0.419 e. The summed E-state index contributed by atoms with van der Waals surface area (Å²) in [6.07, 6.45) is -4.80. The molecule has 0 aliphatic carbocycles. The van der Waals surface area contributed by atoms with Crippen LogP contribution in [0.15, 0.2) is 12.1 Å². The summed E-state index contributed by atoms with van der Waals surface area (Å²) in [5.41, 5.74) is -1.33. The van der Waals surface area contributed by atoms with Gasteiger partial charge >= 0.3 is 6.18 Å². The van der Waals surface area contributed by atoms with E-state index >= 15 is 0 Å². The van der Waals surface area contributed by atoms with Gasteiger partial charge in [0.15, 0.2) is 5.65 Å². The first kappa shape index (κ1) is 13.0. The summed E-state index contributed by atoms with van der Waals surface area (Å²) in [4.78, 5) is 7.81. The van der Waals surface area contributed by atoms with E-state index < -0.39 is 17.6 Å². The minimum Gasteiger partial charge on any atom is -0.218 e. The van der Waals surface area contributed by atoms with E-state index in [1.54, 1.807) is 6.92 Å². The molecule has 1 aromatic carbocycles. The van der Waals surface area contributed by atoms with Gasteiger partial charge in [-0.3, -0.25) is 0 Å². The smallest absolute Gasteiger partial charge is 0.218 e. The fourth-order valence-corrected chi connectivity index (χ4v) is 2.12. The Bertz CT molecular complexity index is 840. The summed E-state index contributed by atoms with van der Waals surface area (Å²) < 4.78 is 52.7. The van der Waals surface area contributed by atoms with E-state index in [2.05, 4.69) is 15.1 Å². The number of rotatable bonds is 0. The fraction of sp³-hybridized carbons (Fsp3) is 0.182. The van der Waals surface area contributed by atoms with Gasteiger partial charge in [0.1, 0.15) is 11.6 Å². The second-order valence-corrected chi connectivity index (χ2v) is 4.46. The van der Waals surface area contributed by atoms with Crippen LogP contribution < -0.4 is 0 Å². The molecular formula is C11H5ClF4N4. The fourth-order valence-electron chi connectivity index (χ4n) is 1.92. The minimum absolute atomic E-state index is 0.0939. The third-order valence-corrected chi connectivity index (χ3v) is 2.98. The van der Waals surface area contributed by atoms with Crippen LogP contribution in [0, 0.1) is 12.7 Å². The van der Waals surface area contributed by atoms with Crippen LogP contribution in [0.1, 0.15) is 11.4 Å². The Labute approximate surface area is 114 Å². The normalized spacial score (nSPS) is 12.5. The van der Waals surface area contributed by atoms with Crippen molar-refractivity contribution < 1.29 is 17.6 Å². The van der Waals surface area contributed by atoms with Crippen molar-refractivity contribution in [2.45, 2.75) is 13.1 Å². The summed E-state index contributed by atoms with van der Waals surface area (Å²) in [5.74, 6) is -1.04.